The molecule has 1 amide bonds. The molecule has 0 saturated carbocycles. The number of pyridine rings is 1. The third-order valence-corrected chi connectivity index (χ3v) is 3.78. The van der Waals surface area contributed by atoms with Crippen molar-refractivity contribution in [2.75, 3.05) is 11.4 Å². The summed E-state index contributed by atoms with van der Waals surface area (Å²) in [7, 11) is 0. The number of ether oxygens (including phenoxy) is 2. The van der Waals surface area contributed by atoms with Crippen molar-refractivity contribution in [1.29, 1.82) is 0 Å². The molecule has 0 aliphatic carbocycles. The van der Waals surface area contributed by atoms with Gasteiger partial charge in [-0.2, -0.15) is 0 Å². The van der Waals surface area contributed by atoms with Crippen LogP contribution in [0, 0.1) is 0 Å². The van der Waals surface area contributed by atoms with Crippen molar-refractivity contribution in [3.63, 3.8) is 0 Å². The molecule has 1 fully saturated rings. The monoisotopic (exact) mass is 342 g/mol. The fourth-order valence-electron chi connectivity index (χ4n) is 2.78. The maximum atomic E-state index is 12.5. The van der Waals surface area contributed by atoms with Crippen molar-refractivity contribution in [1.82, 2.24) is 4.98 Å². The molecule has 2 heterocycles. The van der Waals surface area contributed by atoms with Gasteiger partial charge >= 0.3 is 12.1 Å². The van der Waals surface area contributed by atoms with Gasteiger partial charge in [0.05, 0.1) is 17.6 Å². The van der Waals surface area contributed by atoms with E-state index < -0.39 is 23.3 Å². The minimum absolute atomic E-state index is 0.396. The van der Waals surface area contributed by atoms with Gasteiger partial charge in [-0.15, -0.1) is 0 Å². The van der Waals surface area contributed by atoms with Crippen molar-refractivity contribution in [3.8, 4) is 0 Å². The number of nitrogens with zero attached hydrogens (tertiary/aromatic N) is 2. The van der Waals surface area contributed by atoms with Crippen LogP contribution in [0.5, 0.6) is 0 Å². The summed E-state index contributed by atoms with van der Waals surface area (Å²) in [6.45, 7) is 9.63. The highest BCUT2D eigenvalue weighted by atomic mass is 16.6. The molecular weight excluding hydrogens is 320 g/mol. The molecule has 1 saturated heterocycles. The zero-order valence-electron chi connectivity index (χ0n) is 15.1. The van der Waals surface area contributed by atoms with Crippen molar-refractivity contribution >= 4 is 28.7 Å². The number of esters is 1. The molecule has 0 radical (unpaired) electrons. The van der Waals surface area contributed by atoms with Gasteiger partial charge in [-0.25, -0.2) is 9.59 Å². The van der Waals surface area contributed by atoms with Gasteiger partial charge in [-0.05, 0) is 58.9 Å². The van der Waals surface area contributed by atoms with E-state index in [2.05, 4.69) is 4.98 Å². The average Bonchev–Trinajstić information content (AvgIpc) is 2.77. The molecular formula is C19H22N2O4. The molecule has 6 heteroatoms. The molecule has 0 N–H and O–H groups in total. The van der Waals surface area contributed by atoms with Crippen LogP contribution in [0.3, 0.4) is 0 Å². The molecule has 0 atom stereocenters. The number of hydrogen-bond acceptors (Lipinski definition) is 5. The van der Waals surface area contributed by atoms with Gasteiger partial charge < -0.3 is 9.47 Å². The quantitative estimate of drug-likeness (QED) is 0.774. The lowest BCUT2D eigenvalue weighted by atomic mass is 10.1. The summed E-state index contributed by atoms with van der Waals surface area (Å²) in [5.74, 6) is -0.415. The number of cyclic esters (lactones) is 1. The second-order valence-corrected chi connectivity index (χ2v) is 7.78. The van der Waals surface area contributed by atoms with Crippen LogP contribution in [-0.4, -0.2) is 34.8 Å². The van der Waals surface area contributed by atoms with Crippen LogP contribution in [0.15, 0.2) is 30.5 Å². The van der Waals surface area contributed by atoms with E-state index in [0.717, 1.165) is 0 Å². The van der Waals surface area contributed by atoms with Gasteiger partial charge in [0.15, 0.2) is 0 Å². The molecule has 25 heavy (non-hydrogen) atoms. The number of anilines is 1. The van der Waals surface area contributed by atoms with E-state index in [0.29, 0.717) is 28.7 Å². The Labute approximate surface area is 146 Å². The predicted octanol–water partition coefficient (Wildman–Crippen LogP) is 3.93. The fourth-order valence-corrected chi connectivity index (χ4v) is 2.78. The smallest absolute Gasteiger partial charge is 0.415 e. The van der Waals surface area contributed by atoms with Crippen molar-refractivity contribution in [3.05, 3.63) is 36.0 Å². The third kappa shape index (κ3) is 3.57. The molecule has 0 spiro atoms. The second-order valence-electron chi connectivity index (χ2n) is 7.78. The van der Waals surface area contributed by atoms with Crippen molar-refractivity contribution in [2.24, 2.45) is 0 Å². The predicted molar refractivity (Wildman–Crippen MR) is 94.8 cm³/mol. The summed E-state index contributed by atoms with van der Waals surface area (Å²) in [6.07, 6.45) is 1.18. The Morgan fingerprint density at radius 3 is 2.60 bits per heavy atom. The van der Waals surface area contributed by atoms with Gasteiger partial charge in [-0.3, -0.25) is 9.88 Å². The Bertz CT molecular complexity index is 852. The van der Waals surface area contributed by atoms with Gasteiger partial charge in [0.25, 0.3) is 0 Å². The van der Waals surface area contributed by atoms with E-state index in [-0.39, 0.29) is 0 Å². The highest BCUT2D eigenvalue weighted by molar-refractivity contribution is 6.05. The highest BCUT2D eigenvalue weighted by Crippen LogP contribution is 2.30. The Balaban J connectivity index is 2.03. The number of hydrogen-bond donors (Lipinski definition) is 0. The summed E-state index contributed by atoms with van der Waals surface area (Å²) < 4.78 is 10.8. The molecule has 0 bridgehead atoms. The number of carbonyl (C=O) groups excluding carboxylic acids is 2. The number of rotatable bonds is 2. The first kappa shape index (κ1) is 17.2. The maximum absolute atomic E-state index is 12.5. The Kier molecular flexibility index (Phi) is 3.94. The fraction of sp³-hybridized carbons (Fsp3) is 0.421. The van der Waals surface area contributed by atoms with Gasteiger partial charge in [0.1, 0.15) is 11.2 Å². The minimum atomic E-state index is -0.590. The first-order chi connectivity index (χ1) is 11.6. The van der Waals surface area contributed by atoms with E-state index in [9.17, 15) is 9.59 Å². The van der Waals surface area contributed by atoms with Crippen LogP contribution in [0.2, 0.25) is 0 Å². The Hall–Kier alpha value is -2.63. The summed E-state index contributed by atoms with van der Waals surface area (Å²) in [6, 6.07) is 7.00. The van der Waals surface area contributed by atoms with Crippen LogP contribution in [0.4, 0.5) is 10.5 Å². The van der Waals surface area contributed by atoms with Crippen LogP contribution in [0.1, 0.15) is 45.0 Å². The molecule has 1 aromatic carbocycles. The number of fused-ring (bicyclic) bond motifs is 1. The van der Waals surface area contributed by atoms with E-state index in [1.807, 2.05) is 34.6 Å². The first-order valence-electron chi connectivity index (χ1n) is 8.18. The first-order valence-corrected chi connectivity index (χ1v) is 8.18. The Morgan fingerprint density at radius 2 is 2.00 bits per heavy atom. The lowest BCUT2D eigenvalue weighted by Crippen LogP contribution is -2.28. The van der Waals surface area contributed by atoms with Crippen molar-refractivity contribution < 1.29 is 19.1 Å². The standard InChI is InChI=1S/C19H22N2O4/c1-18(2,3)24-16(22)13-8-9-20-15-7-6-12(10-14(13)15)21-11-19(4,5)25-17(21)23/h6-10H,11H2,1-5H3. The number of carbonyl (C=O) groups is 2. The molecule has 1 aromatic heterocycles. The minimum Gasteiger partial charge on any atom is -0.456 e. The molecule has 1 aliphatic heterocycles. The molecule has 2 aromatic rings. The van der Waals surface area contributed by atoms with E-state index in [4.69, 9.17) is 9.47 Å². The third-order valence-electron chi connectivity index (χ3n) is 3.78. The van der Waals surface area contributed by atoms with Crippen LogP contribution < -0.4 is 4.90 Å². The molecule has 0 unspecified atom stereocenters. The van der Waals surface area contributed by atoms with Gasteiger partial charge in [-0.1, -0.05) is 0 Å². The summed E-state index contributed by atoms with van der Waals surface area (Å²) in [5, 5.41) is 0.645. The van der Waals surface area contributed by atoms with Crippen LogP contribution in [-0.2, 0) is 9.47 Å². The summed E-state index contributed by atoms with van der Waals surface area (Å²) >= 11 is 0. The molecule has 1 aliphatic rings. The van der Waals surface area contributed by atoms with Gasteiger partial charge in [0, 0.05) is 17.3 Å². The summed E-state index contributed by atoms with van der Waals surface area (Å²) in [4.78, 5) is 30.5. The highest BCUT2D eigenvalue weighted by Gasteiger charge is 2.38. The zero-order chi connectivity index (χ0) is 18.4. The van der Waals surface area contributed by atoms with Crippen molar-refractivity contribution in [2.45, 2.75) is 45.8 Å². The lowest BCUT2D eigenvalue weighted by Gasteiger charge is -2.20. The number of amides is 1. The molecule has 6 nitrogen and oxygen atoms in total. The lowest BCUT2D eigenvalue weighted by molar-refractivity contribution is 0.00716. The number of benzene rings is 1. The van der Waals surface area contributed by atoms with Crippen LogP contribution >= 0.6 is 0 Å². The van der Waals surface area contributed by atoms with Gasteiger partial charge in [0.2, 0.25) is 0 Å². The SMILES string of the molecule is CC(C)(C)OC(=O)c1ccnc2ccc(N3CC(C)(C)OC3=O)cc12. The van der Waals surface area contributed by atoms with Crippen LogP contribution in [0.25, 0.3) is 10.9 Å². The normalized spacial score (nSPS) is 16.8. The number of aromatic nitrogens is 1. The summed E-state index contributed by atoms with van der Waals surface area (Å²) in [5.41, 5.74) is 0.621. The average molecular weight is 342 g/mol. The molecule has 132 valence electrons. The molecule has 3 rings (SSSR count). The van der Waals surface area contributed by atoms with E-state index in [1.54, 1.807) is 35.4 Å². The second kappa shape index (κ2) is 5.72. The largest absolute Gasteiger partial charge is 0.456 e. The van der Waals surface area contributed by atoms with E-state index in [1.165, 1.54) is 0 Å². The Morgan fingerprint density at radius 1 is 1.28 bits per heavy atom. The zero-order valence-corrected chi connectivity index (χ0v) is 15.1. The van der Waals surface area contributed by atoms with E-state index >= 15 is 0 Å². The topological polar surface area (TPSA) is 68.7 Å². The maximum Gasteiger partial charge on any atom is 0.415 e.